The highest BCUT2D eigenvalue weighted by atomic mass is 32.2. The van der Waals surface area contributed by atoms with Gasteiger partial charge in [0.2, 0.25) is 15.9 Å². The lowest BCUT2D eigenvalue weighted by Gasteiger charge is -2.35. The second kappa shape index (κ2) is 6.62. The third-order valence-electron chi connectivity index (χ3n) is 4.76. The van der Waals surface area contributed by atoms with Crippen LogP contribution < -0.4 is 5.32 Å². The minimum absolute atomic E-state index is 0.352. The molecule has 2 aliphatic heterocycles. The van der Waals surface area contributed by atoms with E-state index in [4.69, 9.17) is 0 Å². The summed E-state index contributed by atoms with van der Waals surface area (Å²) in [6.07, 6.45) is 4.20. The zero-order chi connectivity index (χ0) is 15.6. The Balaban J connectivity index is 1.95. The molecular weight excluding hydrogens is 290 g/mol. The Morgan fingerprint density at radius 1 is 1.24 bits per heavy atom. The SMILES string of the molecule is CC(C(=O)N(C)C)S(=O)(=O)N1CCC(C2CCCN2)CC1. The molecule has 0 aromatic carbocycles. The maximum atomic E-state index is 12.5. The van der Waals surface area contributed by atoms with Crippen LogP contribution in [0.3, 0.4) is 0 Å². The highest BCUT2D eigenvalue weighted by Gasteiger charge is 2.38. The number of nitrogens with zero attached hydrogens (tertiary/aromatic N) is 2. The van der Waals surface area contributed by atoms with E-state index in [1.807, 2.05) is 0 Å². The Hall–Kier alpha value is -0.660. The smallest absolute Gasteiger partial charge is 0.241 e. The summed E-state index contributed by atoms with van der Waals surface area (Å²) in [7, 11) is -0.352. The van der Waals surface area contributed by atoms with Gasteiger partial charge in [0.15, 0.2) is 5.25 Å². The summed E-state index contributed by atoms with van der Waals surface area (Å²) in [5, 5.41) is 2.52. The number of carbonyl (C=O) groups is 1. The number of nitrogens with one attached hydrogen (secondary N) is 1. The number of hydrogen-bond donors (Lipinski definition) is 1. The Morgan fingerprint density at radius 2 is 1.86 bits per heavy atom. The van der Waals surface area contributed by atoms with Crippen molar-refractivity contribution < 1.29 is 13.2 Å². The summed E-state index contributed by atoms with van der Waals surface area (Å²) >= 11 is 0. The maximum Gasteiger partial charge on any atom is 0.241 e. The molecule has 0 saturated carbocycles. The van der Waals surface area contributed by atoms with Crippen molar-refractivity contribution in [3.05, 3.63) is 0 Å². The molecule has 2 unspecified atom stereocenters. The van der Waals surface area contributed by atoms with Crippen molar-refractivity contribution in [2.24, 2.45) is 5.92 Å². The molecule has 0 bridgehead atoms. The van der Waals surface area contributed by atoms with Crippen LogP contribution in [0, 0.1) is 5.92 Å². The van der Waals surface area contributed by atoms with Crippen molar-refractivity contribution in [2.45, 2.75) is 43.9 Å². The van der Waals surface area contributed by atoms with Gasteiger partial charge in [0, 0.05) is 33.2 Å². The molecule has 0 aromatic heterocycles. The van der Waals surface area contributed by atoms with E-state index in [9.17, 15) is 13.2 Å². The molecule has 2 heterocycles. The number of sulfonamides is 1. The van der Waals surface area contributed by atoms with E-state index in [2.05, 4.69) is 5.32 Å². The van der Waals surface area contributed by atoms with E-state index >= 15 is 0 Å². The van der Waals surface area contributed by atoms with Crippen molar-refractivity contribution in [2.75, 3.05) is 33.7 Å². The monoisotopic (exact) mass is 317 g/mol. The zero-order valence-electron chi connectivity index (χ0n) is 13.2. The van der Waals surface area contributed by atoms with Gasteiger partial charge in [-0.15, -0.1) is 0 Å². The van der Waals surface area contributed by atoms with Crippen LogP contribution in [0.15, 0.2) is 0 Å². The fourth-order valence-corrected chi connectivity index (χ4v) is 4.99. The van der Waals surface area contributed by atoms with Gasteiger partial charge in [-0.3, -0.25) is 4.79 Å². The quantitative estimate of drug-likeness (QED) is 0.807. The second-order valence-electron chi connectivity index (χ2n) is 6.36. The van der Waals surface area contributed by atoms with Crippen molar-refractivity contribution in [3.8, 4) is 0 Å². The number of piperidine rings is 1. The number of amides is 1. The predicted octanol–water partition coefficient (Wildman–Crippen LogP) is 0.257. The molecule has 2 saturated heterocycles. The number of rotatable bonds is 4. The van der Waals surface area contributed by atoms with Crippen LogP contribution in [0.25, 0.3) is 0 Å². The van der Waals surface area contributed by atoms with Gasteiger partial charge in [-0.2, -0.15) is 0 Å². The highest BCUT2D eigenvalue weighted by Crippen LogP contribution is 2.27. The van der Waals surface area contributed by atoms with Gasteiger partial charge in [-0.05, 0) is 45.1 Å². The Morgan fingerprint density at radius 3 is 2.33 bits per heavy atom. The van der Waals surface area contributed by atoms with Gasteiger partial charge in [0.1, 0.15) is 0 Å². The topological polar surface area (TPSA) is 69.7 Å². The van der Waals surface area contributed by atoms with Crippen molar-refractivity contribution >= 4 is 15.9 Å². The molecule has 122 valence electrons. The molecule has 2 rings (SSSR count). The minimum Gasteiger partial charge on any atom is -0.348 e. The number of carbonyl (C=O) groups excluding carboxylic acids is 1. The normalized spacial score (nSPS) is 26.7. The molecule has 2 fully saturated rings. The van der Waals surface area contributed by atoms with E-state index in [1.54, 1.807) is 14.1 Å². The van der Waals surface area contributed by atoms with E-state index in [0.717, 1.165) is 19.4 Å². The van der Waals surface area contributed by atoms with Crippen LogP contribution in [-0.4, -0.2) is 68.6 Å². The molecule has 7 heteroatoms. The van der Waals surface area contributed by atoms with Crippen molar-refractivity contribution in [1.82, 2.24) is 14.5 Å². The summed E-state index contributed by atoms with van der Waals surface area (Å²) in [5.74, 6) is 0.216. The van der Waals surface area contributed by atoms with Gasteiger partial charge in [0.05, 0.1) is 0 Å². The Labute approximate surface area is 127 Å². The van der Waals surface area contributed by atoms with E-state index in [-0.39, 0.29) is 5.91 Å². The van der Waals surface area contributed by atoms with Crippen LogP contribution in [-0.2, 0) is 14.8 Å². The summed E-state index contributed by atoms with van der Waals surface area (Å²) in [6, 6.07) is 0.552. The van der Waals surface area contributed by atoms with E-state index < -0.39 is 15.3 Å². The van der Waals surface area contributed by atoms with Gasteiger partial charge in [-0.1, -0.05) is 0 Å². The molecular formula is C14H27N3O3S. The lowest BCUT2D eigenvalue weighted by Crippen LogP contribution is -2.49. The summed E-state index contributed by atoms with van der Waals surface area (Å²) in [4.78, 5) is 13.3. The molecule has 2 aliphatic rings. The maximum absolute atomic E-state index is 12.5. The predicted molar refractivity (Wildman–Crippen MR) is 82.4 cm³/mol. The van der Waals surface area contributed by atoms with Gasteiger partial charge < -0.3 is 10.2 Å². The molecule has 0 radical (unpaired) electrons. The fourth-order valence-electron chi connectivity index (χ4n) is 3.36. The molecule has 0 aliphatic carbocycles. The summed E-state index contributed by atoms with van der Waals surface area (Å²) < 4.78 is 26.5. The number of hydrogen-bond acceptors (Lipinski definition) is 4. The van der Waals surface area contributed by atoms with Crippen LogP contribution in [0.4, 0.5) is 0 Å². The van der Waals surface area contributed by atoms with Crippen molar-refractivity contribution in [3.63, 3.8) is 0 Å². The zero-order valence-corrected chi connectivity index (χ0v) is 14.0. The van der Waals surface area contributed by atoms with Crippen LogP contribution in [0.5, 0.6) is 0 Å². The molecule has 0 aromatic rings. The van der Waals surface area contributed by atoms with Crippen LogP contribution in [0.1, 0.15) is 32.6 Å². The lowest BCUT2D eigenvalue weighted by molar-refractivity contribution is -0.128. The fraction of sp³-hybridized carbons (Fsp3) is 0.929. The molecule has 0 spiro atoms. The molecule has 6 nitrogen and oxygen atoms in total. The first-order valence-electron chi connectivity index (χ1n) is 7.77. The standard InChI is InChI=1S/C14H27N3O3S/c1-11(14(18)16(2)3)21(19,20)17-9-6-12(7-10-17)13-5-4-8-15-13/h11-13,15H,4-10H2,1-3H3. The first kappa shape index (κ1) is 16.7. The Bertz CT molecular complexity index is 464. The average Bonchev–Trinajstić information content (AvgIpc) is 2.99. The van der Waals surface area contributed by atoms with Gasteiger partial charge in [0.25, 0.3) is 0 Å². The van der Waals surface area contributed by atoms with Crippen LogP contribution in [0.2, 0.25) is 0 Å². The first-order valence-corrected chi connectivity index (χ1v) is 9.28. The molecule has 1 amide bonds. The highest BCUT2D eigenvalue weighted by molar-refractivity contribution is 7.90. The Kier molecular flexibility index (Phi) is 5.27. The van der Waals surface area contributed by atoms with Gasteiger partial charge in [-0.25, -0.2) is 12.7 Å². The van der Waals surface area contributed by atoms with E-state index in [0.29, 0.717) is 25.0 Å². The summed E-state index contributed by atoms with van der Waals surface area (Å²) in [6.45, 7) is 3.65. The van der Waals surface area contributed by atoms with E-state index in [1.165, 1.54) is 29.0 Å². The lowest BCUT2D eigenvalue weighted by atomic mass is 9.89. The molecule has 2 atom stereocenters. The minimum atomic E-state index is -3.53. The molecule has 21 heavy (non-hydrogen) atoms. The largest absolute Gasteiger partial charge is 0.348 e. The second-order valence-corrected chi connectivity index (χ2v) is 8.61. The average molecular weight is 317 g/mol. The molecule has 1 N–H and O–H groups in total. The third-order valence-corrected chi connectivity index (χ3v) is 6.94. The third kappa shape index (κ3) is 3.57. The first-order chi connectivity index (χ1) is 9.84. The summed E-state index contributed by atoms with van der Waals surface area (Å²) in [5.41, 5.74) is 0. The van der Waals surface area contributed by atoms with Gasteiger partial charge >= 0.3 is 0 Å². The van der Waals surface area contributed by atoms with Crippen LogP contribution >= 0.6 is 0 Å². The van der Waals surface area contributed by atoms with Crippen molar-refractivity contribution in [1.29, 1.82) is 0 Å².